The van der Waals surface area contributed by atoms with Gasteiger partial charge in [-0.2, -0.15) is 26.3 Å². The first-order valence-corrected chi connectivity index (χ1v) is 20.3. The number of benzene rings is 2. The van der Waals surface area contributed by atoms with Crippen molar-refractivity contribution in [1.82, 2.24) is 0 Å². The van der Waals surface area contributed by atoms with E-state index in [1.54, 1.807) is 23.5 Å². The van der Waals surface area contributed by atoms with Crippen LogP contribution in [0.4, 0.5) is 26.3 Å². The molecule has 0 atom stereocenters. The van der Waals surface area contributed by atoms with Crippen LogP contribution in [0.25, 0.3) is 33.1 Å². The van der Waals surface area contributed by atoms with Crippen molar-refractivity contribution in [1.29, 1.82) is 0 Å². The molecule has 2 fully saturated rings. The summed E-state index contributed by atoms with van der Waals surface area (Å²) in [6, 6.07) is 7.87. The van der Waals surface area contributed by atoms with Crippen LogP contribution >= 0.6 is 22.7 Å². The highest BCUT2D eigenvalue weighted by molar-refractivity contribution is 7.23. The molecular formula is C44H30F6O4S2. The second-order valence-electron chi connectivity index (χ2n) is 15.8. The predicted octanol–water partition coefficient (Wildman–Crippen LogP) is 11.8. The lowest BCUT2D eigenvalue weighted by Crippen LogP contribution is -2.35. The number of ketones is 4. The molecule has 2 heterocycles. The van der Waals surface area contributed by atoms with E-state index < -0.39 is 52.0 Å². The van der Waals surface area contributed by atoms with E-state index in [9.17, 15) is 45.5 Å². The van der Waals surface area contributed by atoms with Crippen LogP contribution in [-0.4, -0.2) is 23.1 Å². The molecule has 2 aromatic heterocycles. The zero-order valence-corrected chi connectivity index (χ0v) is 31.2. The first-order chi connectivity index (χ1) is 26.6. The molecule has 2 saturated carbocycles. The highest BCUT2D eigenvalue weighted by Gasteiger charge is 2.55. The van der Waals surface area contributed by atoms with Gasteiger partial charge in [0.05, 0.1) is 11.1 Å². The van der Waals surface area contributed by atoms with Crippen molar-refractivity contribution >= 4 is 69.1 Å². The second-order valence-corrected chi connectivity index (χ2v) is 17.9. The van der Waals surface area contributed by atoms with Gasteiger partial charge >= 0.3 is 12.4 Å². The van der Waals surface area contributed by atoms with Crippen molar-refractivity contribution in [3.8, 4) is 9.75 Å². The van der Waals surface area contributed by atoms with Gasteiger partial charge in [0.15, 0.2) is 0 Å². The quantitative estimate of drug-likeness (QED) is 0.115. The highest BCUT2D eigenvalue weighted by atomic mass is 32.1. The van der Waals surface area contributed by atoms with Crippen molar-refractivity contribution in [2.24, 2.45) is 0 Å². The lowest BCUT2D eigenvalue weighted by Gasteiger charge is -2.42. The molecule has 6 aliphatic carbocycles. The minimum absolute atomic E-state index is 0.0863. The van der Waals surface area contributed by atoms with Crippen molar-refractivity contribution in [2.75, 3.05) is 0 Å². The first-order valence-electron chi connectivity index (χ1n) is 18.7. The van der Waals surface area contributed by atoms with Gasteiger partial charge in [0.25, 0.3) is 0 Å². The molecule has 10 rings (SSSR count). The Balaban J connectivity index is 1.10. The summed E-state index contributed by atoms with van der Waals surface area (Å²) in [5, 5.41) is 0. The van der Waals surface area contributed by atoms with Crippen molar-refractivity contribution in [3.63, 3.8) is 0 Å². The molecule has 4 nitrogen and oxygen atoms in total. The van der Waals surface area contributed by atoms with E-state index in [0.29, 0.717) is 0 Å². The fraction of sp³-hybridized carbons (Fsp3) is 0.318. The standard InChI is InChI=1S/C44H30F6O4S2/c45-43(46,47)21-7-9-25-27(15-21)35(51)37(53)29(25)17-23-18-32-33(41(23)11-3-1-4-12-41)34-40(56-32)39-31(42(34)13-5-2-6-14-42)20-24(55-39)19-30-26-10-8-22(44(48,49)50)16-28(26)36(52)38(30)54/h7-10,15-20H,1-6,11-14H2/b29-17-,30-19-. The number of fused-ring (bicyclic) bond motifs is 10. The third-order valence-electron chi connectivity index (χ3n) is 12.9. The number of carbonyl (C=O) groups excluding carboxylic acids is 4. The summed E-state index contributed by atoms with van der Waals surface area (Å²) < 4.78 is 81.0. The van der Waals surface area contributed by atoms with E-state index in [0.717, 1.165) is 119 Å². The summed E-state index contributed by atoms with van der Waals surface area (Å²) in [5.41, 5.74) is 2.06. The third kappa shape index (κ3) is 4.90. The van der Waals surface area contributed by atoms with Crippen molar-refractivity contribution in [3.05, 3.63) is 114 Å². The number of rotatable bonds is 2. The van der Waals surface area contributed by atoms with Gasteiger partial charge in [-0.1, -0.05) is 50.7 Å². The summed E-state index contributed by atoms with van der Waals surface area (Å²) in [6.45, 7) is 0. The molecule has 0 saturated heterocycles. The molecule has 6 aliphatic rings. The Morgan fingerprint density at radius 3 is 1.59 bits per heavy atom. The average molecular weight is 801 g/mol. The molecule has 56 heavy (non-hydrogen) atoms. The smallest absolute Gasteiger partial charge is 0.285 e. The van der Waals surface area contributed by atoms with E-state index in [1.807, 2.05) is 0 Å². The van der Waals surface area contributed by atoms with E-state index in [1.165, 1.54) is 34.6 Å². The average Bonchev–Trinajstić information content (AvgIpc) is 3.97. The molecule has 0 unspecified atom stereocenters. The van der Waals surface area contributed by atoms with E-state index >= 15 is 0 Å². The summed E-state index contributed by atoms with van der Waals surface area (Å²) >= 11 is 3.19. The minimum atomic E-state index is -4.66. The first kappa shape index (κ1) is 35.7. The fourth-order valence-corrected chi connectivity index (χ4v) is 13.2. The lowest BCUT2D eigenvalue weighted by molar-refractivity contribution is -0.138. The van der Waals surface area contributed by atoms with Gasteiger partial charge in [-0.15, -0.1) is 22.7 Å². The Morgan fingerprint density at radius 1 is 0.536 bits per heavy atom. The summed E-state index contributed by atoms with van der Waals surface area (Å²) in [7, 11) is 0. The van der Waals surface area contributed by atoms with E-state index in [2.05, 4.69) is 12.1 Å². The van der Waals surface area contributed by atoms with E-state index in [-0.39, 0.29) is 38.8 Å². The SMILES string of the molecule is O=C1C(=O)c2cc(C(F)(F)F)ccc2/C1=C/C1=Cc2sc3c(c2C12CCCCC2)C1(CCCCC1)c1cc(/C=C2\C(=O)C(=O)c4cc(C(F)(F)F)ccc42)sc1-3. The summed E-state index contributed by atoms with van der Waals surface area (Å²) in [6.07, 6.45) is 5.70. The predicted molar refractivity (Wildman–Crippen MR) is 202 cm³/mol. The largest absolute Gasteiger partial charge is 0.416 e. The number of halogens is 6. The molecule has 0 aliphatic heterocycles. The Hall–Kier alpha value is -4.68. The molecule has 12 heteroatoms. The Labute approximate surface area is 324 Å². The van der Waals surface area contributed by atoms with Crippen LogP contribution < -0.4 is 0 Å². The maximum Gasteiger partial charge on any atom is 0.416 e. The molecule has 284 valence electrons. The minimum Gasteiger partial charge on any atom is -0.285 e. The lowest BCUT2D eigenvalue weighted by atomic mass is 9.61. The van der Waals surface area contributed by atoms with Gasteiger partial charge in [0, 0.05) is 52.6 Å². The van der Waals surface area contributed by atoms with Crippen molar-refractivity contribution < 1.29 is 45.5 Å². The number of hydrogen-bond acceptors (Lipinski definition) is 6. The second kappa shape index (κ2) is 11.9. The molecule has 0 N–H and O–H groups in total. The highest BCUT2D eigenvalue weighted by Crippen LogP contribution is 2.67. The molecule has 0 radical (unpaired) electrons. The van der Waals surface area contributed by atoms with Gasteiger partial charge < -0.3 is 0 Å². The summed E-state index contributed by atoms with van der Waals surface area (Å²) in [4.78, 5) is 56.6. The number of carbonyl (C=O) groups is 4. The van der Waals surface area contributed by atoms with Crippen LogP contribution in [0, 0.1) is 0 Å². The number of Topliss-reactive ketones (excluding diaryl/α,β-unsaturated/α-hetero) is 4. The van der Waals surface area contributed by atoms with Crippen LogP contribution in [-0.2, 0) is 32.8 Å². The monoisotopic (exact) mass is 800 g/mol. The molecule has 4 aromatic rings. The number of alkyl halides is 6. The van der Waals surface area contributed by atoms with Gasteiger partial charge in [-0.25, -0.2) is 0 Å². The fourth-order valence-electron chi connectivity index (χ4n) is 10.4. The Kier molecular flexibility index (Phi) is 7.60. The summed E-state index contributed by atoms with van der Waals surface area (Å²) in [5.74, 6) is -3.51. The molecule has 0 bridgehead atoms. The maximum atomic E-state index is 13.6. The van der Waals surface area contributed by atoms with Crippen LogP contribution in [0.2, 0.25) is 0 Å². The molecular weight excluding hydrogens is 771 g/mol. The van der Waals surface area contributed by atoms with Gasteiger partial charge in [0.2, 0.25) is 23.1 Å². The molecule has 0 amide bonds. The molecule has 2 spiro atoms. The van der Waals surface area contributed by atoms with Crippen LogP contribution in [0.1, 0.15) is 134 Å². The topological polar surface area (TPSA) is 68.3 Å². The van der Waals surface area contributed by atoms with Crippen LogP contribution in [0.15, 0.2) is 54.1 Å². The number of thiophene rings is 2. The van der Waals surface area contributed by atoms with Crippen LogP contribution in [0.5, 0.6) is 0 Å². The Bertz CT molecular complexity index is 2600. The number of allylic oxidation sites excluding steroid dienone is 4. The number of hydrogen-bond donors (Lipinski definition) is 0. The van der Waals surface area contributed by atoms with Gasteiger partial charge in [-0.3, -0.25) is 19.2 Å². The normalized spacial score (nSPS) is 22.0. The van der Waals surface area contributed by atoms with Crippen LogP contribution in [0.3, 0.4) is 0 Å². The van der Waals surface area contributed by atoms with Gasteiger partial charge in [-0.05, 0) is 108 Å². The van der Waals surface area contributed by atoms with E-state index in [4.69, 9.17) is 0 Å². The zero-order chi connectivity index (χ0) is 39.1. The Morgan fingerprint density at radius 2 is 1.05 bits per heavy atom. The molecule has 2 aromatic carbocycles. The maximum absolute atomic E-state index is 13.6. The third-order valence-corrected chi connectivity index (χ3v) is 15.3. The van der Waals surface area contributed by atoms with Crippen molar-refractivity contribution in [2.45, 2.75) is 87.4 Å². The van der Waals surface area contributed by atoms with Gasteiger partial charge in [0.1, 0.15) is 0 Å². The zero-order valence-electron chi connectivity index (χ0n) is 29.6.